The molecule has 2 aliphatic heterocycles. The first-order valence-electron chi connectivity index (χ1n) is 20.5. The van der Waals surface area contributed by atoms with Gasteiger partial charge in [-0.15, -0.1) is 0 Å². The van der Waals surface area contributed by atoms with E-state index >= 15 is 0 Å². The predicted molar refractivity (Wildman–Crippen MR) is 234 cm³/mol. The van der Waals surface area contributed by atoms with E-state index in [-0.39, 0.29) is 76.5 Å². The summed E-state index contributed by atoms with van der Waals surface area (Å²) in [6.07, 6.45) is 1.02. The zero-order chi connectivity index (χ0) is 47.3. The van der Waals surface area contributed by atoms with Crippen molar-refractivity contribution in [3.05, 3.63) is 94.4 Å². The van der Waals surface area contributed by atoms with Crippen LogP contribution in [-0.2, 0) is 43.3 Å². The van der Waals surface area contributed by atoms with E-state index in [9.17, 15) is 42.0 Å². The Hall–Kier alpha value is -7.88. The molecule has 1 aromatic heterocycles. The number of aryl methyl sites for hydroxylation is 2. The summed E-state index contributed by atoms with van der Waals surface area (Å²) >= 11 is 0. The number of aromatic nitrogens is 2. The van der Waals surface area contributed by atoms with Gasteiger partial charge in [0.05, 0.1) is 47.0 Å². The lowest BCUT2D eigenvalue weighted by Gasteiger charge is -2.27. The van der Waals surface area contributed by atoms with Gasteiger partial charge in [0, 0.05) is 45.7 Å². The van der Waals surface area contributed by atoms with Gasteiger partial charge in [-0.1, -0.05) is 6.07 Å². The Morgan fingerprint density at radius 1 is 0.727 bits per heavy atom. The predicted octanol–water partition coefficient (Wildman–Crippen LogP) is 2.36. The van der Waals surface area contributed by atoms with Gasteiger partial charge in [-0.2, -0.15) is 0 Å². The maximum Gasteiger partial charge on any atom is 0.328 e. The second-order valence-corrected chi connectivity index (χ2v) is 16.7. The molecule has 4 N–H and O–H groups in total. The molecular formula is C44H45N7O14S. The lowest BCUT2D eigenvalue weighted by Crippen LogP contribution is -2.54. The molecule has 7 rings (SSSR count). The molecule has 2 aliphatic rings. The van der Waals surface area contributed by atoms with Crippen LogP contribution in [0.4, 0.5) is 5.69 Å². The average molecular weight is 928 g/mol. The summed E-state index contributed by atoms with van der Waals surface area (Å²) < 4.78 is 60.4. The second-order valence-electron chi connectivity index (χ2n) is 15.0. The first-order chi connectivity index (χ1) is 31.6. The number of piperidine rings is 1. The molecule has 0 bridgehead atoms. The highest BCUT2D eigenvalue weighted by Crippen LogP contribution is 2.37. The molecule has 1 unspecified atom stereocenters. The Balaban J connectivity index is 0.857. The van der Waals surface area contributed by atoms with Crippen LogP contribution in [0, 0.1) is 0 Å². The zero-order valence-electron chi connectivity index (χ0n) is 36.1. The summed E-state index contributed by atoms with van der Waals surface area (Å²) in [6, 6.07) is 16.7. The number of imidazole rings is 1. The van der Waals surface area contributed by atoms with E-state index in [1.165, 1.54) is 65.8 Å². The van der Waals surface area contributed by atoms with Gasteiger partial charge in [0.15, 0.2) is 30.5 Å². The molecule has 1 saturated heterocycles. The van der Waals surface area contributed by atoms with E-state index in [0.717, 1.165) is 4.90 Å². The minimum absolute atomic E-state index is 0.00457. The highest BCUT2D eigenvalue weighted by molar-refractivity contribution is 7.92. The van der Waals surface area contributed by atoms with Crippen LogP contribution in [0.5, 0.6) is 34.5 Å². The lowest BCUT2D eigenvalue weighted by molar-refractivity contribution is -0.136. The molecule has 22 heteroatoms. The number of hydrogen-bond acceptors (Lipinski definition) is 14. The molecule has 1 atom stereocenters. The average Bonchev–Trinajstić information content (AvgIpc) is 3.68. The number of ether oxygens (including phenoxy) is 5. The fourth-order valence-corrected chi connectivity index (χ4v) is 8.39. The third-order valence-corrected chi connectivity index (χ3v) is 12.1. The van der Waals surface area contributed by atoms with Crippen LogP contribution >= 0.6 is 0 Å². The van der Waals surface area contributed by atoms with Crippen molar-refractivity contribution >= 4 is 62.2 Å². The minimum Gasteiger partial charge on any atom is -0.493 e. The summed E-state index contributed by atoms with van der Waals surface area (Å²) in [5.74, 6) is -2.23. The number of nitrogens with zero attached hydrogens (tertiary/aromatic N) is 3. The number of methoxy groups -OCH3 is 2. The standard InChI is InChI=1S/C44H45N7O14S/c1-49-31-21-29(48-66(59,60)27-14-16-33(61-3)36(20-27)62-4)35(22-32(31)50(2)44(49)58)65-26-12-10-25(11-13-26)63-23-38(53)45-18-5-6-19-46-39(54)24-64-34-9-7-8-28-40(34)43(57)51(42(28)56)30-15-17-37(52)47-41(30)55/h7-14,16,20-22,30,48H,5-6,15,17-19,23-24H2,1-4H3,(H,45,53)(H,46,54)(H,47,52,55). The van der Waals surface area contributed by atoms with Gasteiger partial charge < -0.3 is 34.3 Å². The first-order valence-corrected chi connectivity index (χ1v) is 21.9. The highest BCUT2D eigenvalue weighted by Gasteiger charge is 2.46. The lowest BCUT2D eigenvalue weighted by atomic mass is 10.0. The smallest absolute Gasteiger partial charge is 0.328 e. The van der Waals surface area contributed by atoms with Crippen LogP contribution in [-0.4, -0.2) is 104 Å². The molecule has 5 aromatic rings. The fraction of sp³-hybridized carbons (Fsp3) is 0.295. The van der Waals surface area contributed by atoms with E-state index in [1.54, 1.807) is 44.4 Å². The number of carbonyl (C=O) groups is 6. The van der Waals surface area contributed by atoms with Crippen molar-refractivity contribution in [2.45, 2.75) is 36.6 Å². The number of amides is 6. The van der Waals surface area contributed by atoms with Crippen molar-refractivity contribution in [3.8, 4) is 34.5 Å². The number of imide groups is 2. The van der Waals surface area contributed by atoms with Crippen LogP contribution in [0.2, 0.25) is 0 Å². The number of rotatable bonds is 19. The quantitative estimate of drug-likeness (QED) is 0.0685. The van der Waals surface area contributed by atoms with E-state index in [1.807, 2.05) is 0 Å². The molecular weight excluding hydrogens is 883 g/mol. The number of unbranched alkanes of at least 4 members (excludes halogenated alkanes) is 1. The summed E-state index contributed by atoms with van der Waals surface area (Å²) in [5, 5.41) is 7.58. The van der Waals surface area contributed by atoms with Gasteiger partial charge in [-0.25, -0.2) is 13.2 Å². The molecule has 1 fully saturated rings. The van der Waals surface area contributed by atoms with Gasteiger partial charge in [-0.05, 0) is 73.9 Å². The third kappa shape index (κ3) is 9.77. The summed E-state index contributed by atoms with van der Waals surface area (Å²) in [5.41, 5.74) is 0.633. The number of hydrogen-bond donors (Lipinski definition) is 4. The van der Waals surface area contributed by atoms with Crippen LogP contribution in [0.15, 0.2) is 82.5 Å². The summed E-state index contributed by atoms with van der Waals surface area (Å²) in [7, 11) is 1.77. The van der Waals surface area contributed by atoms with Gasteiger partial charge in [0.2, 0.25) is 11.8 Å². The van der Waals surface area contributed by atoms with E-state index < -0.39 is 52.2 Å². The zero-order valence-corrected chi connectivity index (χ0v) is 36.9. The third-order valence-electron chi connectivity index (χ3n) is 10.7. The maximum absolute atomic E-state index is 13.6. The fourth-order valence-electron chi connectivity index (χ4n) is 7.31. The monoisotopic (exact) mass is 927 g/mol. The molecule has 66 heavy (non-hydrogen) atoms. The summed E-state index contributed by atoms with van der Waals surface area (Å²) in [4.78, 5) is 88.7. The van der Waals surface area contributed by atoms with Crippen LogP contribution in [0.1, 0.15) is 46.4 Å². The van der Waals surface area contributed by atoms with Crippen molar-refractivity contribution in [1.29, 1.82) is 0 Å². The molecule has 3 heterocycles. The highest BCUT2D eigenvalue weighted by atomic mass is 32.2. The molecule has 0 spiro atoms. The van der Waals surface area contributed by atoms with Gasteiger partial charge >= 0.3 is 5.69 Å². The molecule has 4 aromatic carbocycles. The number of nitrogens with one attached hydrogen (secondary N) is 4. The number of benzene rings is 4. The number of sulfonamides is 1. The normalized spacial score (nSPS) is 14.7. The molecule has 346 valence electrons. The molecule has 21 nitrogen and oxygen atoms in total. The van der Waals surface area contributed by atoms with Crippen molar-refractivity contribution in [1.82, 2.24) is 30.0 Å². The molecule has 0 radical (unpaired) electrons. The van der Waals surface area contributed by atoms with Crippen LogP contribution in [0.25, 0.3) is 11.0 Å². The van der Waals surface area contributed by atoms with Crippen LogP contribution < -0.4 is 50.0 Å². The Morgan fingerprint density at radius 3 is 2.02 bits per heavy atom. The Bertz CT molecular complexity index is 2930. The van der Waals surface area contributed by atoms with Crippen molar-refractivity contribution in [2.24, 2.45) is 14.1 Å². The first kappa shape index (κ1) is 46.1. The second kappa shape index (κ2) is 19.5. The Labute approximate surface area is 376 Å². The van der Waals surface area contributed by atoms with Gasteiger partial charge in [0.1, 0.15) is 23.3 Å². The number of fused-ring (bicyclic) bond motifs is 2. The SMILES string of the molecule is COc1ccc(S(=O)(=O)Nc2cc3c(cc2Oc2ccc(OCC(=O)NCCCCNC(=O)COc4cccc5c4C(=O)N(C4CCC(=O)NC4=O)C5=O)cc2)n(C)c(=O)n3C)cc1OC. The summed E-state index contributed by atoms with van der Waals surface area (Å²) in [6.45, 7) is -0.184. The largest absolute Gasteiger partial charge is 0.493 e. The van der Waals surface area contributed by atoms with Crippen molar-refractivity contribution < 1.29 is 60.9 Å². The van der Waals surface area contributed by atoms with E-state index in [2.05, 4.69) is 20.7 Å². The van der Waals surface area contributed by atoms with Crippen molar-refractivity contribution in [2.75, 3.05) is 45.2 Å². The van der Waals surface area contributed by atoms with Gasteiger partial charge in [-0.3, -0.25) is 52.8 Å². The van der Waals surface area contributed by atoms with E-state index in [4.69, 9.17) is 23.7 Å². The van der Waals surface area contributed by atoms with Crippen molar-refractivity contribution in [3.63, 3.8) is 0 Å². The molecule has 6 amide bonds. The topological polar surface area (TPSA) is 261 Å². The Morgan fingerprint density at radius 2 is 1.36 bits per heavy atom. The number of anilines is 1. The van der Waals surface area contributed by atoms with Gasteiger partial charge in [0.25, 0.3) is 33.7 Å². The van der Waals surface area contributed by atoms with E-state index in [0.29, 0.717) is 47.7 Å². The number of carbonyl (C=O) groups excluding carboxylic acids is 6. The molecule has 0 saturated carbocycles. The Kier molecular flexibility index (Phi) is 13.6. The molecule has 0 aliphatic carbocycles. The maximum atomic E-state index is 13.6. The minimum atomic E-state index is -4.20. The van der Waals surface area contributed by atoms with Crippen LogP contribution in [0.3, 0.4) is 0 Å².